The molecule has 0 saturated heterocycles. The lowest BCUT2D eigenvalue weighted by Gasteiger charge is -2.01. The van der Waals surface area contributed by atoms with Crippen LogP contribution < -0.4 is 0 Å². The van der Waals surface area contributed by atoms with E-state index in [-0.39, 0.29) is 0 Å². The summed E-state index contributed by atoms with van der Waals surface area (Å²) in [7, 11) is 0. The molecule has 0 spiro atoms. The minimum atomic E-state index is 0.571. The second-order valence-electron chi connectivity index (χ2n) is 3.09. The smallest absolute Gasteiger partial charge is 0.0984 e. The van der Waals surface area contributed by atoms with E-state index in [0.29, 0.717) is 17.2 Å². The first-order valence-electron chi connectivity index (χ1n) is 4.47. The molecule has 0 saturated carbocycles. The molecule has 0 aliphatic carbocycles. The summed E-state index contributed by atoms with van der Waals surface area (Å²) in [6.45, 7) is 0. The molecule has 0 unspecified atom stereocenters. The molecule has 0 fully saturated rings. The van der Waals surface area contributed by atoms with E-state index in [1.807, 2.05) is 17.5 Å². The quantitative estimate of drug-likeness (QED) is 0.815. The van der Waals surface area contributed by atoms with E-state index in [9.17, 15) is 0 Å². The molecular formula is C11H9ClN2S. The highest BCUT2D eigenvalue weighted by molar-refractivity contribution is 7.09. The molecule has 0 amide bonds. The van der Waals surface area contributed by atoms with Crippen LogP contribution >= 0.6 is 22.9 Å². The molecule has 2 aromatic rings. The summed E-state index contributed by atoms with van der Waals surface area (Å²) < 4.78 is 0. The van der Waals surface area contributed by atoms with Gasteiger partial charge in [0.05, 0.1) is 5.01 Å². The lowest BCUT2D eigenvalue weighted by molar-refractivity contribution is 1.20. The Hall–Kier alpha value is -1.19. The van der Waals surface area contributed by atoms with Crippen LogP contribution in [0.2, 0.25) is 5.02 Å². The minimum absolute atomic E-state index is 0.571. The Morgan fingerprint density at radius 3 is 2.67 bits per heavy atom. The second-order valence-corrected chi connectivity index (χ2v) is 4.50. The van der Waals surface area contributed by atoms with Crippen LogP contribution in [0.1, 0.15) is 10.6 Å². The van der Waals surface area contributed by atoms with Crippen molar-refractivity contribution in [3.05, 3.63) is 51.4 Å². The fraction of sp³-hybridized carbons (Fsp3) is 0.0909. The van der Waals surface area contributed by atoms with Crippen LogP contribution in [0.15, 0.2) is 35.8 Å². The first kappa shape index (κ1) is 10.3. The maximum absolute atomic E-state index is 7.90. The predicted octanol–water partition coefficient (Wildman–Crippen LogP) is 3.41. The summed E-state index contributed by atoms with van der Waals surface area (Å²) in [6.07, 6.45) is 2.34. The molecule has 2 rings (SSSR count). The molecule has 1 N–H and O–H groups in total. The number of nitrogens with one attached hydrogen (secondary N) is 1. The van der Waals surface area contributed by atoms with Gasteiger partial charge in [0, 0.05) is 28.7 Å². The van der Waals surface area contributed by atoms with Crippen molar-refractivity contribution in [2.24, 2.45) is 0 Å². The van der Waals surface area contributed by atoms with Crippen molar-refractivity contribution in [2.75, 3.05) is 0 Å². The monoisotopic (exact) mass is 236 g/mol. The maximum Gasteiger partial charge on any atom is 0.0984 e. The molecule has 1 aromatic carbocycles. The van der Waals surface area contributed by atoms with Gasteiger partial charge >= 0.3 is 0 Å². The molecule has 0 radical (unpaired) electrons. The minimum Gasteiger partial charge on any atom is -0.304 e. The summed E-state index contributed by atoms with van der Waals surface area (Å²) in [4.78, 5) is 4.15. The molecule has 1 aromatic heterocycles. The van der Waals surface area contributed by atoms with Crippen LogP contribution in [0.4, 0.5) is 0 Å². The highest BCUT2D eigenvalue weighted by Crippen LogP contribution is 2.13. The largest absolute Gasteiger partial charge is 0.304 e. The Labute approximate surface area is 97.1 Å². The van der Waals surface area contributed by atoms with Crippen molar-refractivity contribution in [1.82, 2.24) is 4.98 Å². The summed E-state index contributed by atoms with van der Waals surface area (Å²) >= 11 is 7.35. The van der Waals surface area contributed by atoms with Crippen LogP contribution in [0.3, 0.4) is 0 Å². The topological polar surface area (TPSA) is 36.7 Å². The van der Waals surface area contributed by atoms with Gasteiger partial charge in [0.15, 0.2) is 0 Å². The summed E-state index contributed by atoms with van der Waals surface area (Å²) in [5, 5.41) is 11.5. The normalized spacial score (nSPS) is 10.2. The first-order valence-corrected chi connectivity index (χ1v) is 5.73. The van der Waals surface area contributed by atoms with Gasteiger partial charge < -0.3 is 5.41 Å². The Kier molecular flexibility index (Phi) is 3.14. The highest BCUT2D eigenvalue weighted by atomic mass is 35.5. The number of halogens is 1. The van der Waals surface area contributed by atoms with Gasteiger partial charge in [-0.05, 0) is 17.7 Å². The molecule has 0 atom stereocenters. The van der Waals surface area contributed by atoms with Gasteiger partial charge in [0.1, 0.15) is 0 Å². The van der Waals surface area contributed by atoms with Gasteiger partial charge in [-0.2, -0.15) is 0 Å². The molecule has 4 heteroatoms. The van der Waals surface area contributed by atoms with E-state index >= 15 is 0 Å². The average Bonchev–Trinajstić information content (AvgIpc) is 2.71. The molecule has 2 nitrogen and oxygen atoms in total. The number of nitrogens with zero attached hydrogens (tertiary/aromatic N) is 1. The zero-order chi connectivity index (χ0) is 10.7. The molecule has 0 aliphatic rings. The van der Waals surface area contributed by atoms with Crippen LogP contribution in [-0.2, 0) is 6.42 Å². The number of benzene rings is 1. The second kappa shape index (κ2) is 4.55. The molecule has 15 heavy (non-hydrogen) atoms. The molecule has 76 valence electrons. The van der Waals surface area contributed by atoms with Crippen molar-refractivity contribution in [2.45, 2.75) is 6.42 Å². The molecule has 1 heterocycles. The summed E-state index contributed by atoms with van der Waals surface area (Å²) in [6, 6.07) is 7.32. The third-order valence-electron chi connectivity index (χ3n) is 2.00. The zero-order valence-corrected chi connectivity index (χ0v) is 9.48. The number of thiazole rings is 1. The van der Waals surface area contributed by atoms with Crippen LogP contribution in [0.5, 0.6) is 0 Å². The SMILES string of the molecule is N=C(Cc1nccs1)c1ccc(Cl)cc1. The van der Waals surface area contributed by atoms with E-state index in [4.69, 9.17) is 17.0 Å². The van der Waals surface area contributed by atoms with E-state index in [2.05, 4.69) is 4.98 Å². The molecule has 0 aliphatic heterocycles. The van der Waals surface area contributed by atoms with Crippen LogP contribution in [0.25, 0.3) is 0 Å². The van der Waals surface area contributed by atoms with E-state index in [0.717, 1.165) is 10.6 Å². The first-order chi connectivity index (χ1) is 7.25. The fourth-order valence-electron chi connectivity index (χ4n) is 1.24. The summed E-state index contributed by atoms with van der Waals surface area (Å²) in [5.74, 6) is 0. The van der Waals surface area contributed by atoms with Crippen LogP contribution in [-0.4, -0.2) is 10.7 Å². The van der Waals surface area contributed by atoms with Gasteiger partial charge in [-0.3, -0.25) is 0 Å². The van der Waals surface area contributed by atoms with E-state index in [1.165, 1.54) is 0 Å². The predicted molar refractivity (Wildman–Crippen MR) is 64.1 cm³/mol. The van der Waals surface area contributed by atoms with Gasteiger partial charge in [-0.15, -0.1) is 11.3 Å². The van der Waals surface area contributed by atoms with Crippen molar-refractivity contribution < 1.29 is 0 Å². The Balaban J connectivity index is 2.11. The average molecular weight is 237 g/mol. The Morgan fingerprint density at radius 1 is 1.33 bits per heavy atom. The number of rotatable bonds is 3. The van der Waals surface area contributed by atoms with Crippen molar-refractivity contribution >= 4 is 28.6 Å². The molecule has 0 bridgehead atoms. The Bertz CT molecular complexity index is 448. The van der Waals surface area contributed by atoms with E-state index < -0.39 is 0 Å². The third-order valence-corrected chi connectivity index (χ3v) is 3.04. The highest BCUT2D eigenvalue weighted by Gasteiger charge is 2.04. The number of hydrogen-bond acceptors (Lipinski definition) is 3. The number of hydrogen-bond donors (Lipinski definition) is 1. The molecular weight excluding hydrogens is 228 g/mol. The van der Waals surface area contributed by atoms with Gasteiger partial charge in [0.25, 0.3) is 0 Å². The fourth-order valence-corrected chi connectivity index (χ4v) is 2.00. The maximum atomic E-state index is 7.90. The van der Waals surface area contributed by atoms with Gasteiger partial charge in [-0.1, -0.05) is 23.7 Å². The number of aromatic nitrogens is 1. The third kappa shape index (κ3) is 2.64. The van der Waals surface area contributed by atoms with Crippen LogP contribution in [0, 0.1) is 5.41 Å². The lowest BCUT2D eigenvalue weighted by atomic mass is 10.1. The summed E-state index contributed by atoms with van der Waals surface area (Å²) in [5.41, 5.74) is 1.47. The standard InChI is InChI=1S/C11H9ClN2S/c12-9-3-1-8(2-4-9)10(13)7-11-14-5-6-15-11/h1-6,13H,7H2. The van der Waals surface area contributed by atoms with Crippen molar-refractivity contribution in [3.8, 4) is 0 Å². The van der Waals surface area contributed by atoms with E-state index in [1.54, 1.807) is 29.7 Å². The Morgan fingerprint density at radius 2 is 2.07 bits per heavy atom. The lowest BCUT2D eigenvalue weighted by Crippen LogP contribution is -2.02. The van der Waals surface area contributed by atoms with Crippen molar-refractivity contribution in [3.63, 3.8) is 0 Å². The van der Waals surface area contributed by atoms with Crippen molar-refractivity contribution in [1.29, 1.82) is 5.41 Å². The van der Waals surface area contributed by atoms with Gasteiger partial charge in [-0.25, -0.2) is 4.98 Å². The zero-order valence-electron chi connectivity index (χ0n) is 7.90. The van der Waals surface area contributed by atoms with Gasteiger partial charge in [0.2, 0.25) is 0 Å².